The molecule has 1 aliphatic heterocycles. The summed E-state index contributed by atoms with van der Waals surface area (Å²) in [6, 6.07) is 11.5. The molecule has 0 fully saturated rings. The highest BCUT2D eigenvalue weighted by molar-refractivity contribution is 7.92. The standard InChI is InChI=1S/C17H19FN2O3S/c1-17(2)11-20(14-7-5-4-6-13(14)18)15-9-8-12(10-16(15)23-17)19-24(3,21)22/h4-10,19H,11H2,1-3H3. The molecule has 2 aromatic carbocycles. The lowest BCUT2D eigenvalue weighted by molar-refractivity contribution is 0.109. The lowest BCUT2D eigenvalue weighted by Gasteiger charge is -2.41. The zero-order chi connectivity index (χ0) is 17.5. The van der Waals surface area contributed by atoms with Gasteiger partial charge in [-0.15, -0.1) is 0 Å². The third-order valence-electron chi connectivity index (χ3n) is 3.62. The van der Waals surface area contributed by atoms with Crippen molar-refractivity contribution in [2.75, 3.05) is 22.4 Å². The summed E-state index contributed by atoms with van der Waals surface area (Å²) in [6.45, 7) is 4.28. The predicted octanol–water partition coefficient (Wildman–Crippen LogP) is 3.51. The van der Waals surface area contributed by atoms with Crippen LogP contribution in [0, 0.1) is 5.82 Å². The first kappa shape index (κ1) is 16.6. The lowest BCUT2D eigenvalue weighted by atomic mass is 10.0. The van der Waals surface area contributed by atoms with Crippen LogP contribution in [0.4, 0.5) is 21.5 Å². The fourth-order valence-electron chi connectivity index (χ4n) is 2.78. The summed E-state index contributed by atoms with van der Waals surface area (Å²) in [5.74, 6) is 0.183. The van der Waals surface area contributed by atoms with Crippen molar-refractivity contribution >= 4 is 27.1 Å². The van der Waals surface area contributed by atoms with E-state index in [-0.39, 0.29) is 5.82 Å². The van der Waals surface area contributed by atoms with Crippen LogP contribution in [0.3, 0.4) is 0 Å². The van der Waals surface area contributed by atoms with E-state index in [0.29, 0.717) is 29.4 Å². The van der Waals surface area contributed by atoms with Gasteiger partial charge in [0.2, 0.25) is 10.0 Å². The van der Waals surface area contributed by atoms with Crippen molar-refractivity contribution < 1.29 is 17.5 Å². The van der Waals surface area contributed by atoms with Gasteiger partial charge in [-0.1, -0.05) is 12.1 Å². The van der Waals surface area contributed by atoms with Crippen molar-refractivity contribution in [1.29, 1.82) is 0 Å². The number of nitrogens with one attached hydrogen (secondary N) is 1. The molecular formula is C17H19FN2O3S. The van der Waals surface area contributed by atoms with Gasteiger partial charge < -0.3 is 9.64 Å². The number of sulfonamides is 1. The Balaban J connectivity index is 2.08. The molecule has 5 nitrogen and oxygen atoms in total. The molecule has 1 heterocycles. The lowest BCUT2D eigenvalue weighted by Crippen LogP contribution is -2.45. The molecule has 0 aromatic heterocycles. The van der Waals surface area contributed by atoms with Gasteiger partial charge in [-0.3, -0.25) is 4.72 Å². The van der Waals surface area contributed by atoms with Crippen LogP contribution in [0.25, 0.3) is 0 Å². The van der Waals surface area contributed by atoms with Gasteiger partial charge in [-0.05, 0) is 38.1 Å². The van der Waals surface area contributed by atoms with E-state index in [1.54, 1.807) is 36.4 Å². The molecular weight excluding hydrogens is 331 g/mol. The van der Waals surface area contributed by atoms with E-state index in [2.05, 4.69) is 4.72 Å². The largest absolute Gasteiger partial charge is 0.484 e. The smallest absolute Gasteiger partial charge is 0.229 e. The Hall–Kier alpha value is -2.28. The minimum atomic E-state index is -3.38. The van der Waals surface area contributed by atoms with E-state index >= 15 is 0 Å². The zero-order valence-electron chi connectivity index (χ0n) is 13.7. The van der Waals surface area contributed by atoms with Gasteiger partial charge >= 0.3 is 0 Å². The van der Waals surface area contributed by atoms with Crippen LogP contribution in [0.1, 0.15) is 13.8 Å². The molecule has 24 heavy (non-hydrogen) atoms. The van der Waals surface area contributed by atoms with E-state index in [1.807, 2.05) is 18.7 Å². The van der Waals surface area contributed by atoms with Crippen molar-refractivity contribution in [2.24, 2.45) is 0 Å². The van der Waals surface area contributed by atoms with Gasteiger partial charge in [0.25, 0.3) is 0 Å². The van der Waals surface area contributed by atoms with E-state index in [1.165, 1.54) is 6.07 Å². The van der Waals surface area contributed by atoms with E-state index in [4.69, 9.17) is 4.74 Å². The Bertz CT molecular complexity index is 881. The monoisotopic (exact) mass is 350 g/mol. The molecule has 0 saturated heterocycles. The average Bonchev–Trinajstić information content (AvgIpc) is 2.44. The number of para-hydroxylation sites is 1. The van der Waals surface area contributed by atoms with Crippen LogP contribution >= 0.6 is 0 Å². The summed E-state index contributed by atoms with van der Waals surface area (Å²) in [4.78, 5) is 1.85. The number of nitrogens with zero attached hydrogens (tertiary/aromatic N) is 1. The maximum Gasteiger partial charge on any atom is 0.229 e. The predicted molar refractivity (Wildman–Crippen MR) is 93.0 cm³/mol. The maximum atomic E-state index is 14.2. The average molecular weight is 350 g/mol. The van der Waals surface area contributed by atoms with Gasteiger partial charge in [-0.2, -0.15) is 0 Å². The Morgan fingerprint density at radius 1 is 1.17 bits per heavy atom. The van der Waals surface area contributed by atoms with Crippen molar-refractivity contribution in [3.05, 3.63) is 48.3 Å². The van der Waals surface area contributed by atoms with E-state index in [9.17, 15) is 12.8 Å². The number of hydrogen-bond acceptors (Lipinski definition) is 4. The number of anilines is 3. The Morgan fingerprint density at radius 2 is 1.88 bits per heavy atom. The summed E-state index contributed by atoms with van der Waals surface area (Å²) in [5, 5.41) is 0. The minimum Gasteiger partial charge on any atom is -0.484 e. The molecule has 128 valence electrons. The Morgan fingerprint density at radius 3 is 2.54 bits per heavy atom. The summed E-state index contributed by atoms with van der Waals surface area (Å²) >= 11 is 0. The van der Waals surface area contributed by atoms with Gasteiger partial charge in [0.05, 0.1) is 29.9 Å². The number of benzene rings is 2. The molecule has 0 aliphatic carbocycles. The Kier molecular flexibility index (Phi) is 3.91. The fourth-order valence-corrected chi connectivity index (χ4v) is 3.33. The molecule has 0 bridgehead atoms. The highest BCUT2D eigenvalue weighted by Gasteiger charge is 2.33. The summed E-state index contributed by atoms with van der Waals surface area (Å²) in [6.07, 6.45) is 1.09. The molecule has 2 aromatic rings. The molecule has 7 heteroatoms. The molecule has 0 saturated carbocycles. The molecule has 1 aliphatic rings. The molecule has 0 unspecified atom stereocenters. The van der Waals surface area contributed by atoms with Crippen LogP contribution in [0.15, 0.2) is 42.5 Å². The first-order chi connectivity index (χ1) is 11.1. The second-order valence-corrected chi connectivity index (χ2v) is 8.20. The van der Waals surface area contributed by atoms with Crippen LogP contribution in [0.2, 0.25) is 0 Å². The van der Waals surface area contributed by atoms with Crippen molar-refractivity contribution in [3.8, 4) is 5.75 Å². The zero-order valence-corrected chi connectivity index (χ0v) is 14.5. The molecule has 0 spiro atoms. The van der Waals surface area contributed by atoms with E-state index in [0.717, 1.165) is 6.26 Å². The quantitative estimate of drug-likeness (QED) is 0.920. The molecule has 0 amide bonds. The van der Waals surface area contributed by atoms with Gasteiger partial charge in [-0.25, -0.2) is 12.8 Å². The minimum absolute atomic E-state index is 0.320. The number of hydrogen-bond donors (Lipinski definition) is 1. The molecule has 3 rings (SSSR count). The normalized spacial score (nSPS) is 16.2. The van der Waals surface area contributed by atoms with Gasteiger partial charge in [0.1, 0.15) is 17.2 Å². The molecule has 0 atom stereocenters. The highest BCUT2D eigenvalue weighted by Crippen LogP contribution is 2.43. The van der Waals surface area contributed by atoms with Gasteiger partial charge in [0.15, 0.2) is 0 Å². The fraction of sp³-hybridized carbons (Fsp3) is 0.294. The third kappa shape index (κ3) is 3.46. The number of halogens is 1. The SMILES string of the molecule is CC1(C)CN(c2ccccc2F)c2ccc(NS(C)(=O)=O)cc2O1. The highest BCUT2D eigenvalue weighted by atomic mass is 32.2. The van der Waals surface area contributed by atoms with Crippen molar-refractivity contribution in [1.82, 2.24) is 0 Å². The van der Waals surface area contributed by atoms with Crippen LogP contribution in [-0.4, -0.2) is 26.8 Å². The van der Waals surface area contributed by atoms with E-state index < -0.39 is 15.6 Å². The van der Waals surface area contributed by atoms with Crippen LogP contribution in [-0.2, 0) is 10.0 Å². The Labute approximate surface area is 141 Å². The maximum absolute atomic E-state index is 14.2. The van der Waals surface area contributed by atoms with Crippen LogP contribution in [0.5, 0.6) is 5.75 Å². The topological polar surface area (TPSA) is 58.6 Å². The number of ether oxygens (including phenoxy) is 1. The molecule has 1 N–H and O–H groups in total. The second-order valence-electron chi connectivity index (χ2n) is 6.46. The van der Waals surface area contributed by atoms with Crippen molar-refractivity contribution in [2.45, 2.75) is 19.4 Å². The number of fused-ring (bicyclic) bond motifs is 1. The summed E-state index contributed by atoms with van der Waals surface area (Å²) in [7, 11) is -3.38. The second kappa shape index (κ2) is 5.66. The van der Waals surface area contributed by atoms with Crippen LogP contribution < -0.4 is 14.4 Å². The molecule has 0 radical (unpaired) electrons. The first-order valence-corrected chi connectivity index (χ1v) is 9.37. The summed E-state index contributed by atoms with van der Waals surface area (Å²) < 4.78 is 45.5. The third-order valence-corrected chi connectivity index (χ3v) is 4.23. The van der Waals surface area contributed by atoms with Crippen molar-refractivity contribution in [3.63, 3.8) is 0 Å². The summed E-state index contributed by atoms with van der Waals surface area (Å²) in [5.41, 5.74) is 0.999. The van der Waals surface area contributed by atoms with Gasteiger partial charge in [0, 0.05) is 6.07 Å². The number of rotatable bonds is 3. The first-order valence-electron chi connectivity index (χ1n) is 7.48.